The molecule has 9 heteroatoms. The molecule has 2 aromatic carbocycles. The highest BCUT2D eigenvalue weighted by Gasteiger charge is 2.18. The second kappa shape index (κ2) is 9.48. The standard InChI is InChI=1S/C25H26N6O3/c1-17-19(23(33)29-24(26-17)30-13-15-34-16-14-30)11-12-22(32)28-25-27-20-9-5-6-10-21(20)31(25)18-7-3-2-4-8-18/h2-10H,11-16H2,1H3,(H,26,29,33)(H,27,28,32). The van der Waals surface area contributed by atoms with E-state index in [1.165, 1.54) is 0 Å². The molecule has 0 unspecified atom stereocenters. The molecule has 2 aromatic heterocycles. The summed E-state index contributed by atoms with van der Waals surface area (Å²) in [6.45, 7) is 4.40. The number of fused-ring (bicyclic) bond motifs is 1. The molecular weight excluding hydrogens is 432 g/mol. The number of amides is 1. The van der Waals surface area contributed by atoms with Crippen LogP contribution < -0.4 is 15.8 Å². The maximum absolute atomic E-state index is 12.9. The zero-order chi connectivity index (χ0) is 23.5. The van der Waals surface area contributed by atoms with Crippen LogP contribution in [-0.4, -0.2) is 51.7 Å². The van der Waals surface area contributed by atoms with Crippen molar-refractivity contribution < 1.29 is 9.53 Å². The van der Waals surface area contributed by atoms with Gasteiger partial charge in [-0.2, -0.15) is 0 Å². The zero-order valence-corrected chi connectivity index (χ0v) is 19.0. The van der Waals surface area contributed by atoms with Gasteiger partial charge in [-0.1, -0.05) is 30.3 Å². The van der Waals surface area contributed by atoms with Gasteiger partial charge >= 0.3 is 0 Å². The Bertz CT molecular complexity index is 1370. The molecule has 1 aliphatic rings. The van der Waals surface area contributed by atoms with E-state index in [-0.39, 0.29) is 24.3 Å². The number of aryl methyl sites for hydroxylation is 1. The fourth-order valence-electron chi connectivity index (χ4n) is 4.19. The molecule has 1 aliphatic heterocycles. The second-order valence-electron chi connectivity index (χ2n) is 8.20. The number of carbonyl (C=O) groups is 1. The van der Waals surface area contributed by atoms with Crippen LogP contribution in [0.25, 0.3) is 16.7 Å². The number of H-pyrrole nitrogens is 1. The summed E-state index contributed by atoms with van der Waals surface area (Å²) in [6.07, 6.45) is 0.426. The summed E-state index contributed by atoms with van der Waals surface area (Å²) in [5.41, 5.74) is 3.54. The number of aromatic amines is 1. The van der Waals surface area contributed by atoms with Gasteiger partial charge in [-0.25, -0.2) is 9.97 Å². The van der Waals surface area contributed by atoms with E-state index in [1.54, 1.807) is 6.92 Å². The van der Waals surface area contributed by atoms with Crippen LogP contribution in [0, 0.1) is 6.92 Å². The SMILES string of the molecule is Cc1nc(N2CCOCC2)[nH]c(=O)c1CCC(=O)Nc1nc2ccccc2n1-c1ccccc1. The van der Waals surface area contributed by atoms with E-state index in [9.17, 15) is 9.59 Å². The van der Waals surface area contributed by atoms with Crippen LogP contribution in [0.15, 0.2) is 59.4 Å². The Balaban J connectivity index is 1.33. The third-order valence-corrected chi connectivity index (χ3v) is 5.95. The van der Waals surface area contributed by atoms with Gasteiger partial charge in [-0.05, 0) is 37.6 Å². The van der Waals surface area contributed by atoms with E-state index >= 15 is 0 Å². The fraction of sp³-hybridized carbons (Fsp3) is 0.280. The van der Waals surface area contributed by atoms with Gasteiger partial charge in [0.25, 0.3) is 5.56 Å². The predicted octanol–water partition coefficient (Wildman–Crippen LogP) is 2.83. The van der Waals surface area contributed by atoms with E-state index in [0.717, 1.165) is 16.7 Å². The molecule has 1 saturated heterocycles. The Morgan fingerprint density at radius 3 is 2.56 bits per heavy atom. The van der Waals surface area contributed by atoms with Gasteiger partial charge in [0.15, 0.2) is 0 Å². The molecule has 0 atom stereocenters. The summed E-state index contributed by atoms with van der Waals surface area (Å²) >= 11 is 0. The molecule has 2 N–H and O–H groups in total. The first-order valence-electron chi connectivity index (χ1n) is 11.4. The summed E-state index contributed by atoms with van der Waals surface area (Å²) < 4.78 is 7.28. The number of aromatic nitrogens is 4. The summed E-state index contributed by atoms with van der Waals surface area (Å²) in [6, 6.07) is 17.5. The average Bonchev–Trinajstić information content (AvgIpc) is 3.22. The molecule has 3 heterocycles. The average molecular weight is 459 g/mol. The van der Waals surface area contributed by atoms with Crippen LogP contribution in [-0.2, 0) is 16.0 Å². The third kappa shape index (κ3) is 4.42. The Morgan fingerprint density at radius 2 is 1.79 bits per heavy atom. The van der Waals surface area contributed by atoms with Crippen LogP contribution in [0.2, 0.25) is 0 Å². The largest absolute Gasteiger partial charge is 0.378 e. The molecule has 0 saturated carbocycles. The number of rotatable bonds is 6. The lowest BCUT2D eigenvalue weighted by Gasteiger charge is -2.27. The van der Waals surface area contributed by atoms with Gasteiger partial charge in [0.1, 0.15) is 0 Å². The molecule has 1 fully saturated rings. The number of hydrogen-bond acceptors (Lipinski definition) is 6. The Labute approximate surface area is 196 Å². The first kappa shape index (κ1) is 21.8. The van der Waals surface area contributed by atoms with Gasteiger partial charge in [0.05, 0.1) is 24.2 Å². The summed E-state index contributed by atoms with van der Waals surface area (Å²) in [4.78, 5) is 39.6. The van der Waals surface area contributed by atoms with Crippen LogP contribution >= 0.6 is 0 Å². The van der Waals surface area contributed by atoms with E-state index in [0.29, 0.717) is 49.5 Å². The molecule has 0 spiro atoms. The monoisotopic (exact) mass is 458 g/mol. The fourth-order valence-corrected chi connectivity index (χ4v) is 4.19. The lowest BCUT2D eigenvalue weighted by atomic mass is 10.1. The van der Waals surface area contributed by atoms with E-state index in [1.807, 2.05) is 64.1 Å². The first-order chi connectivity index (χ1) is 16.6. The van der Waals surface area contributed by atoms with Crippen molar-refractivity contribution >= 4 is 28.8 Å². The number of imidazole rings is 1. The number of ether oxygens (including phenoxy) is 1. The molecule has 5 rings (SSSR count). The van der Waals surface area contributed by atoms with Crippen molar-refractivity contribution in [2.24, 2.45) is 0 Å². The number of benzene rings is 2. The van der Waals surface area contributed by atoms with Gasteiger partial charge in [0.2, 0.25) is 17.8 Å². The Kier molecular flexibility index (Phi) is 6.09. The molecule has 0 bridgehead atoms. The molecule has 174 valence electrons. The summed E-state index contributed by atoms with van der Waals surface area (Å²) in [7, 11) is 0. The lowest BCUT2D eigenvalue weighted by Crippen LogP contribution is -2.38. The minimum Gasteiger partial charge on any atom is -0.378 e. The normalized spacial score (nSPS) is 13.9. The Hall–Kier alpha value is -3.98. The van der Waals surface area contributed by atoms with Crippen LogP contribution in [0.4, 0.5) is 11.9 Å². The van der Waals surface area contributed by atoms with Crippen molar-refractivity contribution in [2.45, 2.75) is 19.8 Å². The van der Waals surface area contributed by atoms with Crippen molar-refractivity contribution in [2.75, 3.05) is 36.5 Å². The molecular formula is C25H26N6O3. The maximum atomic E-state index is 12.9. The molecule has 4 aromatic rings. The number of carbonyl (C=O) groups excluding carboxylic acids is 1. The number of nitrogens with zero attached hydrogens (tertiary/aromatic N) is 4. The third-order valence-electron chi connectivity index (χ3n) is 5.95. The van der Waals surface area contributed by atoms with Gasteiger partial charge in [0, 0.05) is 36.5 Å². The number of para-hydroxylation sites is 3. The van der Waals surface area contributed by atoms with Crippen molar-refractivity contribution in [1.29, 1.82) is 0 Å². The predicted molar refractivity (Wildman–Crippen MR) is 131 cm³/mol. The highest BCUT2D eigenvalue weighted by molar-refractivity contribution is 5.92. The van der Waals surface area contributed by atoms with Crippen molar-refractivity contribution in [3.8, 4) is 5.69 Å². The van der Waals surface area contributed by atoms with E-state index in [4.69, 9.17) is 4.74 Å². The number of nitrogens with one attached hydrogen (secondary N) is 2. The molecule has 0 aliphatic carbocycles. The second-order valence-corrected chi connectivity index (χ2v) is 8.20. The number of morpholine rings is 1. The molecule has 34 heavy (non-hydrogen) atoms. The quantitative estimate of drug-likeness (QED) is 0.460. The minimum atomic E-state index is -0.219. The van der Waals surface area contributed by atoms with Crippen LogP contribution in [0.3, 0.4) is 0 Å². The van der Waals surface area contributed by atoms with Gasteiger partial charge in [-0.3, -0.25) is 24.5 Å². The highest BCUT2D eigenvalue weighted by atomic mass is 16.5. The van der Waals surface area contributed by atoms with Crippen LogP contribution in [0.1, 0.15) is 17.7 Å². The number of anilines is 2. The molecule has 1 amide bonds. The first-order valence-corrected chi connectivity index (χ1v) is 11.4. The summed E-state index contributed by atoms with van der Waals surface area (Å²) in [5.74, 6) is 0.781. The molecule has 9 nitrogen and oxygen atoms in total. The Morgan fingerprint density at radius 1 is 1.06 bits per heavy atom. The zero-order valence-electron chi connectivity index (χ0n) is 19.0. The summed E-state index contributed by atoms with van der Waals surface area (Å²) in [5, 5.41) is 2.93. The lowest BCUT2D eigenvalue weighted by molar-refractivity contribution is -0.116. The van der Waals surface area contributed by atoms with Crippen molar-refractivity contribution in [3.05, 3.63) is 76.2 Å². The van der Waals surface area contributed by atoms with Gasteiger partial charge < -0.3 is 9.64 Å². The maximum Gasteiger partial charge on any atom is 0.255 e. The highest BCUT2D eigenvalue weighted by Crippen LogP contribution is 2.24. The van der Waals surface area contributed by atoms with Crippen molar-refractivity contribution in [1.82, 2.24) is 19.5 Å². The van der Waals surface area contributed by atoms with E-state index in [2.05, 4.69) is 20.3 Å². The van der Waals surface area contributed by atoms with Crippen molar-refractivity contribution in [3.63, 3.8) is 0 Å². The van der Waals surface area contributed by atoms with Gasteiger partial charge in [-0.15, -0.1) is 0 Å². The smallest absolute Gasteiger partial charge is 0.255 e. The minimum absolute atomic E-state index is 0.139. The molecule has 0 radical (unpaired) electrons. The topological polar surface area (TPSA) is 105 Å². The number of hydrogen-bond donors (Lipinski definition) is 2. The van der Waals surface area contributed by atoms with Crippen LogP contribution in [0.5, 0.6) is 0 Å². The van der Waals surface area contributed by atoms with E-state index < -0.39 is 0 Å².